The second-order valence-corrected chi connectivity index (χ2v) is 7.16. The van der Waals surface area contributed by atoms with Crippen molar-refractivity contribution in [1.29, 1.82) is 0 Å². The summed E-state index contributed by atoms with van der Waals surface area (Å²) < 4.78 is 11.1. The second-order valence-electron chi connectivity index (χ2n) is 7.16. The van der Waals surface area contributed by atoms with Crippen LogP contribution in [0.3, 0.4) is 0 Å². The molecule has 0 spiro atoms. The van der Waals surface area contributed by atoms with Crippen LogP contribution in [0.25, 0.3) is 5.76 Å². The van der Waals surface area contributed by atoms with E-state index in [-0.39, 0.29) is 11.3 Å². The van der Waals surface area contributed by atoms with E-state index in [0.717, 1.165) is 5.56 Å². The number of methoxy groups -OCH3 is 1. The minimum absolute atomic E-state index is 0.0413. The molecule has 3 aromatic rings. The van der Waals surface area contributed by atoms with E-state index in [0.29, 0.717) is 28.5 Å². The number of aryl methyl sites for hydroxylation is 2. The summed E-state index contributed by atoms with van der Waals surface area (Å²) in [5, 5.41) is 11.1. The summed E-state index contributed by atoms with van der Waals surface area (Å²) in [7, 11) is 1.48. The van der Waals surface area contributed by atoms with Gasteiger partial charge in [0.15, 0.2) is 0 Å². The standard InChI is InChI=1S/C24H21NO5/c1-14-7-6-8-16(13-14)25-21(19-12-11-15(2)30-19)20(23(27)24(25)28)22(26)17-9-4-5-10-18(17)29-3/h4-13,21,26H,1-3H3/b22-20-. The molecule has 1 N–H and O–H groups in total. The highest BCUT2D eigenvalue weighted by molar-refractivity contribution is 6.51. The molecule has 4 rings (SSSR count). The number of hydrogen-bond acceptors (Lipinski definition) is 5. The number of anilines is 1. The third-order valence-corrected chi connectivity index (χ3v) is 5.12. The Hall–Kier alpha value is -3.80. The van der Waals surface area contributed by atoms with Crippen LogP contribution < -0.4 is 9.64 Å². The fraction of sp³-hybridized carbons (Fsp3) is 0.167. The van der Waals surface area contributed by atoms with Gasteiger partial charge < -0.3 is 14.3 Å². The number of carbonyl (C=O) groups excluding carboxylic acids is 2. The van der Waals surface area contributed by atoms with Crippen LogP contribution in [0.4, 0.5) is 5.69 Å². The van der Waals surface area contributed by atoms with Crippen LogP contribution in [0, 0.1) is 13.8 Å². The van der Waals surface area contributed by atoms with Crippen molar-refractivity contribution < 1.29 is 23.8 Å². The topological polar surface area (TPSA) is 80.0 Å². The van der Waals surface area contributed by atoms with Crippen LogP contribution in [-0.4, -0.2) is 23.9 Å². The van der Waals surface area contributed by atoms with Gasteiger partial charge in [-0.3, -0.25) is 14.5 Å². The van der Waals surface area contributed by atoms with E-state index >= 15 is 0 Å². The van der Waals surface area contributed by atoms with Gasteiger partial charge in [-0.05, 0) is 55.8 Å². The molecule has 1 amide bonds. The number of aliphatic hydroxyl groups excluding tert-OH is 1. The van der Waals surface area contributed by atoms with Gasteiger partial charge in [0.1, 0.15) is 29.1 Å². The summed E-state index contributed by atoms with van der Waals surface area (Å²) >= 11 is 0. The van der Waals surface area contributed by atoms with E-state index < -0.39 is 17.7 Å². The first-order chi connectivity index (χ1) is 14.4. The summed E-state index contributed by atoms with van der Waals surface area (Å²) in [4.78, 5) is 27.5. The molecule has 1 atom stereocenters. The van der Waals surface area contributed by atoms with Crippen molar-refractivity contribution >= 4 is 23.1 Å². The fourth-order valence-corrected chi connectivity index (χ4v) is 3.73. The molecule has 6 nitrogen and oxygen atoms in total. The number of rotatable bonds is 4. The van der Waals surface area contributed by atoms with Gasteiger partial charge in [0.2, 0.25) is 0 Å². The molecule has 1 unspecified atom stereocenters. The maximum absolute atomic E-state index is 13.1. The molecule has 0 saturated carbocycles. The summed E-state index contributed by atoms with van der Waals surface area (Å²) in [6, 6.07) is 16.7. The Morgan fingerprint density at radius 2 is 1.80 bits per heavy atom. The highest BCUT2D eigenvalue weighted by Gasteiger charge is 2.48. The molecule has 0 bridgehead atoms. The molecule has 152 valence electrons. The van der Waals surface area contributed by atoms with Crippen LogP contribution in [-0.2, 0) is 9.59 Å². The Balaban J connectivity index is 1.97. The summed E-state index contributed by atoms with van der Waals surface area (Å²) in [5.41, 5.74) is 1.78. The van der Waals surface area contributed by atoms with Crippen molar-refractivity contribution in [3.8, 4) is 5.75 Å². The van der Waals surface area contributed by atoms with E-state index in [1.54, 1.807) is 49.4 Å². The third kappa shape index (κ3) is 3.16. The molecule has 1 aliphatic rings. The highest BCUT2D eigenvalue weighted by Crippen LogP contribution is 2.43. The van der Waals surface area contributed by atoms with Crippen LogP contribution in [0.1, 0.15) is 28.7 Å². The number of carbonyl (C=O) groups is 2. The quantitative estimate of drug-likeness (QED) is 0.393. The monoisotopic (exact) mass is 403 g/mol. The largest absolute Gasteiger partial charge is 0.507 e. The van der Waals surface area contributed by atoms with Crippen molar-refractivity contribution in [2.45, 2.75) is 19.9 Å². The lowest BCUT2D eigenvalue weighted by Crippen LogP contribution is -2.29. The van der Waals surface area contributed by atoms with Gasteiger partial charge in [-0.25, -0.2) is 0 Å². The van der Waals surface area contributed by atoms with Crippen LogP contribution in [0.15, 0.2) is 70.7 Å². The average molecular weight is 403 g/mol. The molecular weight excluding hydrogens is 382 g/mol. The van der Waals surface area contributed by atoms with E-state index in [1.807, 2.05) is 25.1 Å². The summed E-state index contributed by atoms with van der Waals surface area (Å²) in [6.07, 6.45) is 0. The molecule has 0 aliphatic carbocycles. The Labute approximate surface area is 174 Å². The van der Waals surface area contributed by atoms with Crippen LogP contribution >= 0.6 is 0 Å². The molecule has 1 saturated heterocycles. The lowest BCUT2D eigenvalue weighted by atomic mass is 9.98. The fourth-order valence-electron chi connectivity index (χ4n) is 3.73. The minimum atomic E-state index is -0.898. The average Bonchev–Trinajstić information content (AvgIpc) is 3.28. The van der Waals surface area contributed by atoms with Crippen molar-refractivity contribution in [2.24, 2.45) is 0 Å². The molecular formula is C24H21NO5. The molecule has 1 aliphatic heterocycles. The molecule has 2 heterocycles. The second kappa shape index (κ2) is 7.55. The van der Waals surface area contributed by atoms with E-state index in [1.165, 1.54) is 12.0 Å². The Bertz CT molecular complexity index is 1170. The van der Waals surface area contributed by atoms with Gasteiger partial charge in [-0.2, -0.15) is 0 Å². The number of furan rings is 1. The number of hydrogen-bond donors (Lipinski definition) is 1. The molecule has 2 aromatic carbocycles. The Morgan fingerprint density at radius 1 is 1.03 bits per heavy atom. The molecule has 1 aromatic heterocycles. The maximum Gasteiger partial charge on any atom is 0.300 e. The number of Topliss-reactive ketones (excluding diaryl/α,β-unsaturated/α-hetero) is 1. The van der Waals surface area contributed by atoms with Crippen LogP contribution in [0.2, 0.25) is 0 Å². The lowest BCUT2D eigenvalue weighted by molar-refractivity contribution is -0.132. The smallest absolute Gasteiger partial charge is 0.300 e. The number of amides is 1. The minimum Gasteiger partial charge on any atom is -0.507 e. The predicted octanol–water partition coefficient (Wildman–Crippen LogP) is 4.53. The summed E-state index contributed by atoms with van der Waals surface area (Å²) in [5.74, 6) is -0.386. The molecule has 30 heavy (non-hydrogen) atoms. The zero-order valence-electron chi connectivity index (χ0n) is 16.9. The SMILES string of the molecule is COc1ccccc1/C(O)=C1/C(=O)C(=O)N(c2cccc(C)c2)C1c1ccc(C)o1. The van der Waals surface area contributed by atoms with E-state index in [9.17, 15) is 14.7 Å². The summed E-state index contributed by atoms with van der Waals surface area (Å²) in [6.45, 7) is 3.68. The first-order valence-electron chi connectivity index (χ1n) is 9.49. The van der Waals surface area contributed by atoms with Gasteiger partial charge in [-0.1, -0.05) is 24.3 Å². The molecule has 0 radical (unpaired) electrons. The van der Waals surface area contributed by atoms with Gasteiger partial charge in [0.05, 0.1) is 18.2 Å². The number of para-hydroxylation sites is 1. The van der Waals surface area contributed by atoms with Crippen molar-refractivity contribution in [3.05, 3.63) is 88.9 Å². The van der Waals surface area contributed by atoms with Gasteiger partial charge in [0.25, 0.3) is 11.7 Å². The lowest BCUT2D eigenvalue weighted by Gasteiger charge is -2.24. The van der Waals surface area contributed by atoms with Crippen molar-refractivity contribution in [2.75, 3.05) is 12.0 Å². The van der Waals surface area contributed by atoms with E-state index in [4.69, 9.17) is 9.15 Å². The third-order valence-electron chi connectivity index (χ3n) is 5.12. The van der Waals surface area contributed by atoms with Crippen molar-refractivity contribution in [1.82, 2.24) is 0 Å². The first kappa shape index (κ1) is 19.5. The number of ether oxygens (including phenoxy) is 1. The van der Waals surface area contributed by atoms with Gasteiger partial charge in [-0.15, -0.1) is 0 Å². The molecule has 1 fully saturated rings. The highest BCUT2D eigenvalue weighted by atomic mass is 16.5. The van der Waals surface area contributed by atoms with Crippen molar-refractivity contribution in [3.63, 3.8) is 0 Å². The normalized spacial score (nSPS) is 18.1. The number of nitrogens with zero attached hydrogens (tertiary/aromatic N) is 1. The Kier molecular flexibility index (Phi) is 4.91. The number of aliphatic hydroxyl groups is 1. The first-order valence-corrected chi connectivity index (χ1v) is 9.49. The Morgan fingerprint density at radius 3 is 2.47 bits per heavy atom. The zero-order valence-corrected chi connectivity index (χ0v) is 16.9. The van der Waals surface area contributed by atoms with Crippen LogP contribution in [0.5, 0.6) is 5.75 Å². The predicted molar refractivity (Wildman–Crippen MR) is 112 cm³/mol. The maximum atomic E-state index is 13.1. The number of benzene rings is 2. The van der Waals surface area contributed by atoms with Gasteiger partial charge >= 0.3 is 0 Å². The zero-order chi connectivity index (χ0) is 21.4. The molecule has 6 heteroatoms. The van der Waals surface area contributed by atoms with E-state index in [2.05, 4.69) is 0 Å². The number of ketones is 1. The van der Waals surface area contributed by atoms with Gasteiger partial charge in [0, 0.05) is 5.69 Å².